The standard InChI is InChI=1S/C26H32O8/c1-3-26(34-24-21(30)19(28)20(29)22(33-24)23(31)32)11-9-18-17-6-4-13-12-14(27)5-7-15(13)16(17)8-10-25(18,26)2/h1,5,7,12,16-22,24,27-30H,4,6,8-11H2,2H3,(H,31,32)/t16-,17-,18+,19+,20+,21-,22+,24?,25+,26+/m1/s1. The van der Waals surface area contributed by atoms with E-state index in [9.17, 15) is 30.3 Å². The van der Waals surface area contributed by atoms with Crippen LogP contribution in [0.15, 0.2) is 18.2 Å². The number of phenols is 1. The van der Waals surface area contributed by atoms with Gasteiger partial charge >= 0.3 is 5.97 Å². The first-order chi connectivity index (χ1) is 16.1. The lowest BCUT2D eigenvalue weighted by Gasteiger charge is -2.54. The number of phenolic OH excluding ortho intramolecular Hbond substituents is 1. The molecule has 10 atom stereocenters. The molecule has 8 nitrogen and oxygen atoms in total. The number of carbonyl (C=O) groups is 1. The second-order valence-corrected chi connectivity index (χ2v) is 10.6. The molecule has 0 amide bonds. The van der Waals surface area contributed by atoms with Crippen LogP contribution in [0, 0.1) is 29.6 Å². The summed E-state index contributed by atoms with van der Waals surface area (Å²) in [6.45, 7) is 2.11. The van der Waals surface area contributed by atoms with E-state index in [1.807, 2.05) is 12.1 Å². The molecular formula is C26H32O8. The van der Waals surface area contributed by atoms with Crippen molar-refractivity contribution < 1.29 is 39.8 Å². The Kier molecular flexibility index (Phi) is 5.70. The molecular weight excluding hydrogens is 440 g/mol. The van der Waals surface area contributed by atoms with E-state index >= 15 is 0 Å². The molecule has 3 aliphatic carbocycles. The molecule has 1 heterocycles. The van der Waals surface area contributed by atoms with Crippen molar-refractivity contribution in [2.75, 3.05) is 0 Å². The van der Waals surface area contributed by atoms with Crippen molar-refractivity contribution in [2.45, 2.75) is 87.7 Å². The number of fused-ring (bicyclic) bond motifs is 5. The van der Waals surface area contributed by atoms with Crippen molar-refractivity contribution >= 4 is 5.97 Å². The molecule has 8 heteroatoms. The van der Waals surface area contributed by atoms with E-state index in [0.29, 0.717) is 18.3 Å². The molecule has 0 bridgehead atoms. The molecule has 184 valence electrons. The average molecular weight is 473 g/mol. The fourth-order valence-corrected chi connectivity index (χ4v) is 7.38. The molecule has 2 saturated carbocycles. The van der Waals surface area contributed by atoms with Crippen molar-refractivity contribution in [1.29, 1.82) is 0 Å². The second-order valence-electron chi connectivity index (χ2n) is 10.6. The number of carboxylic acid groups (broad SMARTS) is 1. The van der Waals surface area contributed by atoms with Crippen molar-refractivity contribution in [3.05, 3.63) is 29.3 Å². The van der Waals surface area contributed by atoms with Gasteiger partial charge in [-0.05, 0) is 79.5 Å². The summed E-state index contributed by atoms with van der Waals surface area (Å²) in [7, 11) is 0. The molecule has 5 N–H and O–H groups in total. The molecule has 3 fully saturated rings. The predicted octanol–water partition coefficient (Wildman–Crippen LogP) is 1.53. The second kappa shape index (κ2) is 8.21. The number of terminal acetylenes is 1. The highest BCUT2D eigenvalue weighted by molar-refractivity contribution is 5.73. The number of rotatable bonds is 3. The van der Waals surface area contributed by atoms with E-state index < -0.39 is 47.7 Å². The van der Waals surface area contributed by atoms with Crippen molar-refractivity contribution in [3.8, 4) is 18.1 Å². The van der Waals surface area contributed by atoms with Crippen LogP contribution in [0.1, 0.15) is 56.1 Å². The third-order valence-corrected chi connectivity index (χ3v) is 9.19. The minimum absolute atomic E-state index is 0.260. The van der Waals surface area contributed by atoms with Crippen molar-refractivity contribution in [3.63, 3.8) is 0 Å². The van der Waals surface area contributed by atoms with Crippen molar-refractivity contribution in [2.24, 2.45) is 17.3 Å². The molecule has 0 aromatic heterocycles. The Morgan fingerprint density at radius 3 is 2.62 bits per heavy atom. The minimum atomic E-state index is -1.78. The largest absolute Gasteiger partial charge is 0.508 e. The summed E-state index contributed by atoms with van der Waals surface area (Å²) in [6, 6.07) is 5.65. The zero-order valence-corrected chi connectivity index (χ0v) is 19.1. The average Bonchev–Trinajstić information content (AvgIpc) is 3.11. The van der Waals surface area contributed by atoms with Crippen LogP contribution in [0.2, 0.25) is 0 Å². The highest BCUT2D eigenvalue weighted by Gasteiger charge is 2.64. The number of hydrogen-bond acceptors (Lipinski definition) is 7. The van der Waals surface area contributed by atoms with E-state index in [1.165, 1.54) is 11.1 Å². The van der Waals surface area contributed by atoms with Crippen LogP contribution in [0.4, 0.5) is 0 Å². The van der Waals surface area contributed by atoms with Gasteiger partial charge in [-0.15, -0.1) is 6.42 Å². The number of aryl methyl sites for hydroxylation is 1. The topological polar surface area (TPSA) is 137 Å². The van der Waals surface area contributed by atoms with Gasteiger partial charge < -0.3 is 35.0 Å². The lowest BCUT2D eigenvalue weighted by Crippen LogP contribution is -2.63. The lowest BCUT2D eigenvalue weighted by molar-refractivity contribution is -0.324. The van der Waals surface area contributed by atoms with Gasteiger partial charge in [0.2, 0.25) is 0 Å². The number of benzene rings is 1. The van der Waals surface area contributed by atoms with Gasteiger partial charge in [0, 0.05) is 5.41 Å². The van der Waals surface area contributed by atoms with Gasteiger partial charge in [-0.1, -0.05) is 18.9 Å². The first-order valence-corrected chi connectivity index (χ1v) is 12.0. The molecule has 1 unspecified atom stereocenters. The molecule has 34 heavy (non-hydrogen) atoms. The number of hydrogen-bond donors (Lipinski definition) is 5. The molecule has 1 aromatic carbocycles. The van der Waals surface area contributed by atoms with Gasteiger partial charge in [0.1, 0.15) is 29.7 Å². The summed E-state index contributed by atoms with van der Waals surface area (Å²) in [4.78, 5) is 11.5. The zero-order valence-electron chi connectivity index (χ0n) is 19.1. The third-order valence-electron chi connectivity index (χ3n) is 9.19. The Bertz CT molecular complexity index is 1020. The molecule has 0 spiro atoms. The van der Waals surface area contributed by atoms with Gasteiger partial charge in [-0.25, -0.2) is 4.79 Å². The van der Waals surface area contributed by atoms with Crippen LogP contribution >= 0.6 is 0 Å². The monoisotopic (exact) mass is 472 g/mol. The fraction of sp³-hybridized carbons (Fsp3) is 0.654. The Balaban J connectivity index is 1.42. The summed E-state index contributed by atoms with van der Waals surface area (Å²) < 4.78 is 11.7. The van der Waals surface area contributed by atoms with Crippen LogP contribution in [-0.2, 0) is 20.7 Å². The van der Waals surface area contributed by atoms with Gasteiger partial charge in [0.05, 0.1) is 0 Å². The Morgan fingerprint density at radius 2 is 1.91 bits per heavy atom. The van der Waals surface area contributed by atoms with E-state index in [0.717, 1.165) is 32.1 Å². The molecule has 5 rings (SSSR count). The lowest BCUT2D eigenvalue weighted by atomic mass is 9.53. The minimum Gasteiger partial charge on any atom is -0.508 e. The molecule has 4 aliphatic rings. The molecule has 0 radical (unpaired) electrons. The summed E-state index contributed by atoms with van der Waals surface area (Å²) >= 11 is 0. The van der Waals surface area contributed by atoms with Crippen LogP contribution in [-0.4, -0.2) is 67.8 Å². The van der Waals surface area contributed by atoms with E-state index in [-0.39, 0.29) is 11.7 Å². The maximum Gasteiger partial charge on any atom is 0.335 e. The van der Waals surface area contributed by atoms with Gasteiger partial charge in [-0.2, -0.15) is 0 Å². The number of ether oxygens (including phenoxy) is 2. The van der Waals surface area contributed by atoms with Crippen LogP contribution in [0.3, 0.4) is 0 Å². The highest BCUT2D eigenvalue weighted by atomic mass is 16.7. The van der Waals surface area contributed by atoms with Gasteiger partial charge in [-0.3, -0.25) is 0 Å². The van der Waals surface area contributed by atoms with Crippen LogP contribution < -0.4 is 0 Å². The number of aromatic hydroxyl groups is 1. The zero-order chi connectivity index (χ0) is 24.4. The Morgan fingerprint density at radius 1 is 1.15 bits per heavy atom. The normalized spacial score (nSPS) is 45.5. The van der Waals surface area contributed by atoms with Gasteiger partial charge in [0.25, 0.3) is 0 Å². The Hall–Kier alpha value is -2.15. The Labute approximate surface area is 198 Å². The number of carboxylic acids is 1. The highest BCUT2D eigenvalue weighted by Crippen LogP contribution is 2.65. The smallest absolute Gasteiger partial charge is 0.335 e. The predicted molar refractivity (Wildman–Crippen MR) is 120 cm³/mol. The molecule has 1 saturated heterocycles. The third kappa shape index (κ3) is 3.29. The summed E-state index contributed by atoms with van der Waals surface area (Å²) in [5.74, 6) is 2.70. The summed E-state index contributed by atoms with van der Waals surface area (Å²) in [5.41, 5.74) is 0.963. The maximum atomic E-state index is 11.5. The molecule has 1 aliphatic heterocycles. The van der Waals surface area contributed by atoms with E-state index in [2.05, 4.69) is 12.8 Å². The van der Waals surface area contributed by atoms with Crippen LogP contribution in [0.25, 0.3) is 0 Å². The van der Waals surface area contributed by atoms with E-state index in [1.54, 1.807) is 6.07 Å². The number of aliphatic hydroxyl groups is 3. The quantitative estimate of drug-likeness (QED) is 0.418. The maximum absolute atomic E-state index is 11.5. The first kappa shape index (κ1) is 23.6. The summed E-state index contributed by atoms with van der Waals surface area (Å²) in [5, 5.41) is 50.1. The van der Waals surface area contributed by atoms with E-state index in [4.69, 9.17) is 15.9 Å². The SMILES string of the molecule is C#C[C@]1(OC2O[C@H](C(=O)O)[C@@H](O)[C@H](O)[C@H]2O)CC[C@H]2[C@@H]3CCc4cc(O)ccc4[C@H]3CC[C@@]21C. The van der Waals surface area contributed by atoms with Crippen molar-refractivity contribution in [1.82, 2.24) is 0 Å². The number of aliphatic hydroxyl groups excluding tert-OH is 3. The van der Waals surface area contributed by atoms with Gasteiger partial charge in [0.15, 0.2) is 12.4 Å². The molecule has 1 aromatic rings. The first-order valence-electron chi connectivity index (χ1n) is 12.0. The van der Waals surface area contributed by atoms with Crippen LogP contribution in [0.5, 0.6) is 5.75 Å². The number of aliphatic carboxylic acids is 1. The fourth-order valence-electron chi connectivity index (χ4n) is 7.38. The summed E-state index contributed by atoms with van der Waals surface area (Å²) in [6.07, 6.45) is 2.62.